The topological polar surface area (TPSA) is 237 Å². The van der Waals surface area contributed by atoms with Crippen LogP contribution in [0.3, 0.4) is 0 Å². The number of amides is 2. The van der Waals surface area contributed by atoms with Crippen molar-refractivity contribution in [1.29, 1.82) is 0 Å². The van der Waals surface area contributed by atoms with Gasteiger partial charge in [0.2, 0.25) is 11.8 Å². The van der Waals surface area contributed by atoms with Crippen LogP contribution in [0, 0.1) is 11.8 Å². The Labute approximate surface area is 331 Å². The quantitative estimate of drug-likeness (QED) is 0.0649. The van der Waals surface area contributed by atoms with Gasteiger partial charge in [0.05, 0.1) is 51.1 Å². The molecule has 0 aromatic heterocycles. The van der Waals surface area contributed by atoms with Gasteiger partial charge in [-0.15, -0.1) is 4.33 Å². The van der Waals surface area contributed by atoms with Gasteiger partial charge in [-0.05, 0) is 25.0 Å². The molecule has 0 aliphatic rings. The number of benzene rings is 2. The van der Waals surface area contributed by atoms with Crippen LogP contribution in [-0.2, 0) is 60.4 Å². The molecule has 2 amide bonds. The number of carbonyl (C=O) groups excluding carboxylic acids is 4. The fraction of sp³-hybridized carbons (Fsp3) is 0.500. The molecular weight excluding hydrogens is 692 g/mol. The van der Waals surface area contributed by atoms with E-state index in [1.807, 2.05) is 60.7 Å². The molecule has 0 spiro atoms. The minimum Gasteiger partial charge on any atom is -0.870 e. The largest absolute Gasteiger partial charge is 1.00 e. The van der Waals surface area contributed by atoms with E-state index in [0.717, 1.165) is 23.6 Å². The van der Waals surface area contributed by atoms with Gasteiger partial charge in [-0.1, -0.05) is 68.1 Å². The van der Waals surface area contributed by atoms with Crippen LogP contribution in [0.4, 0.5) is 0 Å². The zero-order valence-corrected chi connectivity index (χ0v) is 32.4. The smallest absolute Gasteiger partial charge is 0.870 e. The predicted molar refractivity (Wildman–Crippen MR) is 180 cm³/mol. The first-order valence-corrected chi connectivity index (χ1v) is 17.1. The first-order chi connectivity index (χ1) is 21.6. The summed E-state index contributed by atoms with van der Waals surface area (Å²) in [5.41, 5.74) is 1.97. The minimum atomic E-state index is -4.06. The number of methoxy groups -OCH3 is 1. The zero-order chi connectivity index (χ0) is 35.0. The van der Waals surface area contributed by atoms with Gasteiger partial charge < -0.3 is 40.0 Å². The molecular formula is C32H53KN2O13S. The van der Waals surface area contributed by atoms with E-state index < -0.39 is 27.4 Å². The average Bonchev–Trinajstić information content (AvgIpc) is 3.02. The summed E-state index contributed by atoms with van der Waals surface area (Å²) in [5, 5.41) is 22.3. The van der Waals surface area contributed by atoms with Crippen molar-refractivity contribution in [2.75, 3.05) is 46.0 Å². The number of nitrogens with one attached hydrogen (secondary N) is 2. The van der Waals surface area contributed by atoms with Crippen LogP contribution in [-0.4, -0.2) is 94.4 Å². The Hall–Kier alpha value is -2.13. The van der Waals surface area contributed by atoms with Crippen molar-refractivity contribution in [3.63, 3.8) is 0 Å². The summed E-state index contributed by atoms with van der Waals surface area (Å²) < 4.78 is 36.4. The second-order valence-electron chi connectivity index (χ2n) is 10.2. The van der Waals surface area contributed by atoms with Crippen LogP contribution >= 0.6 is 0 Å². The number of hydrogen-bond donors (Lipinski definition) is 5. The van der Waals surface area contributed by atoms with Crippen molar-refractivity contribution < 1.29 is 114 Å². The van der Waals surface area contributed by atoms with Gasteiger partial charge in [-0.3, -0.25) is 19.2 Å². The molecule has 0 fully saturated rings. The molecule has 2 atom stereocenters. The van der Waals surface area contributed by atoms with E-state index in [0.29, 0.717) is 19.7 Å². The van der Waals surface area contributed by atoms with Crippen molar-refractivity contribution in [3.8, 4) is 0 Å². The average molecular weight is 745 g/mol. The number of ether oxygens (including phenoxy) is 3. The van der Waals surface area contributed by atoms with E-state index in [4.69, 9.17) is 29.1 Å². The van der Waals surface area contributed by atoms with Gasteiger partial charge in [0.1, 0.15) is 9.63 Å². The first kappa shape index (κ1) is 53.7. The summed E-state index contributed by atoms with van der Waals surface area (Å²) in [7, 11) is -2.56. The van der Waals surface area contributed by atoms with Gasteiger partial charge >= 0.3 is 63.3 Å². The Kier molecular flexibility index (Phi) is 32.4. The van der Waals surface area contributed by atoms with E-state index in [2.05, 4.69) is 15.0 Å². The monoisotopic (exact) mass is 744 g/mol. The predicted octanol–water partition coefficient (Wildman–Crippen LogP) is -0.210. The minimum absolute atomic E-state index is 0. The first-order valence-electron chi connectivity index (χ1n) is 14.4. The molecule has 17 heteroatoms. The normalized spacial score (nSPS) is 11.9. The third-order valence-corrected chi connectivity index (χ3v) is 6.02. The fourth-order valence-corrected chi connectivity index (χ4v) is 3.37. The number of aliphatic hydroxyl groups excluding tert-OH is 1. The molecule has 276 valence electrons. The maximum atomic E-state index is 12.0. The number of aliphatic hydroxyl groups is 1. The molecule has 0 radical (unpaired) electrons. The Bertz CT molecular complexity index is 1240. The van der Waals surface area contributed by atoms with E-state index in [1.54, 1.807) is 13.8 Å². The van der Waals surface area contributed by atoms with Gasteiger partial charge in [0.25, 0.3) is 0 Å². The second-order valence-corrected chi connectivity index (χ2v) is 13.7. The zero-order valence-electron chi connectivity index (χ0n) is 28.5. The summed E-state index contributed by atoms with van der Waals surface area (Å²) in [6, 6.07) is 19.0. The van der Waals surface area contributed by atoms with Crippen LogP contribution in [0.15, 0.2) is 60.7 Å². The van der Waals surface area contributed by atoms with Crippen molar-refractivity contribution >= 4 is 33.4 Å². The van der Waals surface area contributed by atoms with Crippen LogP contribution in [0.1, 0.15) is 45.2 Å². The van der Waals surface area contributed by atoms with Crippen molar-refractivity contribution in [3.05, 3.63) is 71.8 Å². The van der Waals surface area contributed by atoms with Crippen LogP contribution in [0.2, 0.25) is 0 Å². The van der Waals surface area contributed by atoms with Gasteiger partial charge in [0.15, 0.2) is 0 Å². The van der Waals surface area contributed by atoms with Crippen molar-refractivity contribution in [1.82, 2.24) is 10.6 Å². The number of esters is 2. The molecule has 0 bridgehead atoms. The molecule has 0 unspecified atom stereocenters. The SMILES string of the molecule is C.CCOC(=O)C[C@H](CO)C(=O)NCc1ccccc1.CCOC(=O)C[C@H](COC)C(=O)NCc1ccccc1.CS(C)(=O)(O)OO.[K+].[OH-]. The Morgan fingerprint density at radius 2 is 1.12 bits per heavy atom. The molecule has 0 saturated heterocycles. The number of hydrogen-bond acceptors (Lipinski definition) is 12. The van der Waals surface area contributed by atoms with Gasteiger partial charge in [-0.2, -0.15) is 0 Å². The third-order valence-electron chi connectivity index (χ3n) is 5.60. The molecule has 49 heavy (non-hydrogen) atoms. The maximum Gasteiger partial charge on any atom is 1.00 e. The Morgan fingerprint density at radius 1 is 0.776 bits per heavy atom. The molecule has 6 N–H and O–H groups in total. The fourth-order valence-electron chi connectivity index (χ4n) is 3.37. The number of rotatable bonds is 16. The Balaban J connectivity index is -0.000000330. The molecule has 15 nitrogen and oxygen atoms in total. The second kappa shape index (κ2) is 29.6. The molecule has 0 heterocycles. The van der Waals surface area contributed by atoms with E-state index in [9.17, 15) is 23.4 Å². The summed E-state index contributed by atoms with van der Waals surface area (Å²) in [4.78, 5) is 46.6. The van der Waals surface area contributed by atoms with Gasteiger partial charge in [0, 0.05) is 32.7 Å². The summed E-state index contributed by atoms with van der Waals surface area (Å²) in [6.45, 7) is 4.63. The molecule has 2 rings (SSSR count). The van der Waals surface area contributed by atoms with Crippen molar-refractivity contribution in [2.45, 2.75) is 47.2 Å². The molecule has 0 saturated carbocycles. The van der Waals surface area contributed by atoms with Crippen LogP contribution in [0.5, 0.6) is 0 Å². The maximum absolute atomic E-state index is 12.0. The summed E-state index contributed by atoms with van der Waals surface area (Å²) >= 11 is 0. The van der Waals surface area contributed by atoms with E-state index >= 15 is 0 Å². The Morgan fingerprint density at radius 3 is 1.43 bits per heavy atom. The molecule has 0 aliphatic carbocycles. The molecule has 0 aliphatic heterocycles. The summed E-state index contributed by atoms with van der Waals surface area (Å²) in [6.07, 6.45) is 1.72. The summed E-state index contributed by atoms with van der Waals surface area (Å²) in [5.74, 6) is -2.70. The number of carbonyl (C=O) groups is 4. The third kappa shape index (κ3) is 29.3. The van der Waals surface area contributed by atoms with Crippen LogP contribution < -0.4 is 62.0 Å². The standard InChI is InChI=1S/C15H21NO4.C14H19NO4.C2H8O4S.CH4.K.H2O/c1-3-20-14(17)9-13(11-19-2)15(18)16-10-12-7-5-4-6-8-12;1-2-19-13(17)8-12(10-16)14(18)15-9-11-6-4-3-5-7-11;1-7(2,4,5)6-3;;;/h4-8,13H,3,9-11H2,1-2H3,(H,16,18);3-7,12,16H,2,8-10H2,1H3,(H,15,18);3H,1-2H3,(H,4,5);1H4;;1H2/q;;;;+1;/p-1/t13-;12-;;;;/m11..../s1. The van der Waals surface area contributed by atoms with Gasteiger partial charge in [-0.25, -0.2) is 9.47 Å². The molecule has 2 aromatic carbocycles. The van der Waals surface area contributed by atoms with Crippen molar-refractivity contribution in [2.24, 2.45) is 11.8 Å². The molecule has 2 aromatic rings. The van der Waals surface area contributed by atoms with E-state index in [1.165, 1.54) is 7.11 Å². The van der Waals surface area contributed by atoms with Crippen LogP contribution in [0.25, 0.3) is 0 Å². The van der Waals surface area contributed by atoms with E-state index in [-0.39, 0.29) is 115 Å².